The van der Waals surface area contributed by atoms with Crippen LogP contribution >= 0.6 is 22.6 Å². The normalized spacial score (nSPS) is 24.8. The molecule has 1 atom stereocenters. The second-order valence-electron chi connectivity index (χ2n) is 5.62. The van der Waals surface area contributed by atoms with Crippen LogP contribution in [0.25, 0.3) is 10.9 Å². The van der Waals surface area contributed by atoms with E-state index in [0.717, 1.165) is 36.6 Å². The molecule has 20 heavy (non-hydrogen) atoms. The molecule has 1 saturated carbocycles. The van der Waals surface area contributed by atoms with E-state index in [4.69, 9.17) is 5.73 Å². The Kier molecular flexibility index (Phi) is 4.21. The summed E-state index contributed by atoms with van der Waals surface area (Å²) in [6, 6.07) is 6.91. The van der Waals surface area contributed by atoms with E-state index < -0.39 is 0 Å². The molecule has 0 radical (unpaired) electrons. The van der Waals surface area contributed by atoms with Crippen molar-refractivity contribution in [3.8, 4) is 0 Å². The van der Waals surface area contributed by atoms with Crippen LogP contribution < -0.4 is 5.73 Å². The Balaban J connectivity index is 1.90. The number of nitrogens with two attached hydrogens (primary N) is 1. The van der Waals surface area contributed by atoms with Crippen molar-refractivity contribution in [3.63, 3.8) is 0 Å². The molecule has 1 aliphatic carbocycles. The summed E-state index contributed by atoms with van der Waals surface area (Å²) in [7, 11) is 0. The number of rotatable bonds is 2. The number of alkyl halides is 1. The first-order chi connectivity index (χ1) is 9.65. The summed E-state index contributed by atoms with van der Waals surface area (Å²) in [5.74, 6) is 0.945. The Morgan fingerprint density at radius 2 is 1.95 bits per heavy atom. The SMILES string of the molecule is N[C@H](I)[C@H]1CC[C@@H](c2ccnc3ccc(F)cc32)CC1. The quantitative estimate of drug-likeness (QED) is 0.475. The molecule has 1 aromatic carbocycles. The van der Waals surface area contributed by atoms with Gasteiger partial charge in [-0.1, -0.05) is 22.6 Å². The molecule has 3 rings (SSSR count). The lowest BCUT2D eigenvalue weighted by Gasteiger charge is -2.30. The highest BCUT2D eigenvalue weighted by molar-refractivity contribution is 14.1. The van der Waals surface area contributed by atoms with Crippen LogP contribution in [0, 0.1) is 11.7 Å². The fraction of sp³-hybridized carbons (Fsp3) is 0.438. The molecule has 2 N–H and O–H groups in total. The monoisotopic (exact) mass is 384 g/mol. The third kappa shape index (κ3) is 2.81. The van der Waals surface area contributed by atoms with Gasteiger partial charge in [-0.2, -0.15) is 0 Å². The molecule has 1 heterocycles. The Morgan fingerprint density at radius 1 is 1.20 bits per heavy atom. The lowest BCUT2D eigenvalue weighted by Crippen LogP contribution is -2.27. The van der Waals surface area contributed by atoms with Crippen LogP contribution in [-0.4, -0.2) is 9.03 Å². The molecule has 0 spiro atoms. The van der Waals surface area contributed by atoms with E-state index in [1.165, 1.54) is 11.6 Å². The minimum absolute atomic E-state index is 0.185. The van der Waals surface area contributed by atoms with Crippen LogP contribution in [0.4, 0.5) is 4.39 Å². The number of aromatic nitrogens is 1. The highest BCUT2D eigenvalue weighted by atomic mass is 127. The van der Waals surface area contributed by atoms with Crippen molar-refractivity contribution in [1.82, 2.24) is 4.98 Å². The molecule has 0 aliphatic heterocycles. The highest BCUT2D eigenvalue weighted by Gasteiger charge is 2.26. The van der Waals surface area contributed by atoms with Gasteiger partial charge in [0.1, 0.15) is 5.82 Å². The van der Waals surface area contributed by atoms with Crippen LogP contribution in [0.1, 0.15) is 37.2 Å². The number of nitrogens with zero attached hydrogens (tertiary/aromatic N) is 1. The number of halogens is 2. The minimum atomic E-state index is -0.185. The van der Waals surface area contributed by atoms with Crippen LogP contribution in [-0.2, 0) is 0 Å². The molecule has 2 nitrogen and oxygen atoms in total. The number of benzene rings is 1. The highest BCUT2D eigenvalue weighted by Crippen LogP contribution is 2.39. The van der Waals surface area contributed by atoms with Crippen molar-refractivity contribution in [2.75, 3.05) is 0 Å². The first-order valence-electron chi connectivity index (χ1n) is 7.09. The number of fused-ring (bicyclic) bond motifs is 1. The van der Waals surface area contributed by atoms with Crippen molar-refractivity contribution in [1.29, 1.82) is 0 Å². The second kappa shape index (κ2) is 5.93. The van der Waals surface area contributed by atoms with E-state index in [9.17, 15) is 4.39 Å². The molecule has 4 heteroatoms. The lowest BCUT2D eigenvalue weighted by atomic mass is 9.78. The van der Waals surface area contributed by atoms with E-state index in [2.05, 4.69) is 33.6 Å². The summed E-state index contributed by atoms with van der Waals surface area (Å²) in [6.45, 7) is 0. The van der Waals surface area contributed by atoms with E-state index in [1.54, 1.807) is 12.1 Å². The van der Waals surface area contributed by atoms with Gasteiger partial charge in [-0.25, -0.2) is 4.39 Å². The summed E-state index contributed by atoms with van der Waals surface area (Å²) < 4.78 is 13.8. The van der Waals surface area contributed by atoms with Gasteiger partial charge in [-0.3, -0.25) is 4.98 Å². The zero-order valence-electron chi connectivity index (χ0n) is 11.2. The van der Waals surface area contributed by atoms with Gasteiger partial charge >= 0.3 is 0 Å². The predicted octanol–water partition coefficient (Wildman–Crippen LogP) is 4.37. The van der Waals surface area contributed by atoms with Gasteiger partial charge in [0.05, 0.1) is 9.57 Å². The molecule has 0 unspecified atom stereocenters. The summed E-state index contributed by atoms with van der Waals surface area (Å²) >= 11 is 2.32. The van der Waals surface area contributed by atoms with Gasteiger partial charge in [0.25, 0.3) is 0 Å². The molecular weight excluding hydrogens is 366 g/mol. The maximum absolute atomic E-state index is 13.5. The van der Waals surface area contributed by atoms with Gasteiger partial charge in [-0.15, -0.1) is 0 Å². The Hall–Kier alpha value is -0.750. The van der Waals surface area contributed by atoms with Crippen LogP contribution in [0.3, 0.4) is 0 Å². The summed E-state index contributed by atoms with van der Waals surface area (Å²) in [6.07, 6.45) is 6.43. The van der Waals surface area contributed by atoms with Crippen LogP contribution in [0.2, 0.25) is 0 Å². The molecule has 1 aliphatic rings. The minimum Gasteiger partial charge on any atom is -0.319 e. The maximum atomic E-state index is 13.5. The number of pyridine rings is 1. The summed E-state index contributed by atoms with van der Waals surface area (Å²) in [5, 5.41) is 0.967. The van der Waals surface area contributed by atoms with Crippen molar-refractivity contribution in [2.45, 2.75) is 35.6 Å². The van der Waals surface area contributed by atoms with Gasteiger partial charge in [-0.05, 0) is 67.3 Å². The van der Waals surface area contributed by atoms with E-state index in [-0.39, 0.29) is 9.87 Å². The van der Waals surface area contributed by atoms with Crippen LogP contribution in [0.5, 0.6) is 0 Å². The Labute approximate surface area is 132 Å². The smallest absolute Gasteiger partial charge is 0.123 e. The fourth-order valence-corrected chi connectivity index (χ4v) is 3.96. The largest absolute Gasteiger partial charge is 0.319 e. The van der Waals surface area contributed by atoms with Gasteiger partial charge in [0.15, 0.2) is 0 Å². The zero-order valence-corrected chi connectivity index (χ0v) is 13.4. The first-order valence-corrected chi connectivity index (χ1v) is 8.33. The van der Waals surface area contributed by atoms with Gasteiger partial charge < -0.3 is 5.73 Å². The zero-order chi connectivity index (χ0) is 14.1. The molecular formula is C16H18FIN2. The number of hydrogen-bond donors (Lipinski definition) is 1. The summed E-state index contributed by atoms with van der Waals surface area (Å²) in [5.41, 5.74) is 8.12. The fourth-order valence-electron chi connectivity index (χ4n) is 3.24. The van der Waals surface area contributed by atoms with E-state index >= 15 is 0 Å². The molecule has 0 amide bonds. The number of hydrogen-bond acceptors (Lipinski definition) is 2. The van der Waals surface area contributed by atoms with Crippen molar-refractivity contribution >= 4 is 33.5 Å². The topological polar surface area (TPSA) is 38.9 Å². The average Bonchev–Trinajstić information content (AvgIpc) is 2.46. The predicted molar refractivity (Wildman–Crippen MR) is 88.4 cm³/mol. The molecule has 1 aromatic heterocycles. The first kappa shape index (κ1) is 14.2. The molecule has 2 aromatic rings. The molecule has 106 valence electrons. The third-order valence-corrected chi connectivity index (χ3v) is 5.42. The van der Waals surface area contributed by atoms with Crippen molar-refractivity contribution in [2.24, 2.45) is 11.7 Å². The summed E-state index contributed by atoms with van der Waals surface area (Å²) in [4.78, 5) is 4.33. The Bertz CT molecular complexity index is 606. The molecule has 0 saturated heterocycles. The maximum Gasteiger partial charge on any atom is 0.123 e. The lowest BCUT2D eigenvalue weighted by molar-refractivity contribution is 0.327. The van der Waals surface area contributed by atoms with Crippen LogP contribution in [0.15, 0.2) is 30.5 Å². The Morgan fingerprint density at radius 3 is 2.65 bits per heavy atom. The van der Waals surface area contributed by atoms with Crippen molar-refractivity contribution in [3.05, 3.63) is 41.8 Å². The standard InChI is InChI=1S/C16H18FIN2/c17-12-5-6-15-14(9-12)13(7-8-20-15)10-1-3-11(4-2-10)16(18)19/h5-11,16H,1-4,19H2/t10-,11+,16-/m0/s1. The second-order valence-corrected chi connectivity index (χ2v) is 7.06. The van der Waals surface area contributed by atoms with Gasteiger partial charge in [0, 0.05) is 11.6 Å². The molecule has 1 fully saturated rings. The average molecular weight is 384 g/mol. The molecule has 0 bridgehead atoms. The van der Waals surface area contributed by atoms with E-state index in [1.807, 2.05) is 6.20 Å². The van der Waals surface area contributed by atoms with E-state index in [0.29, 0.717) is 11.8 Å². The van der Waals surface area contributed by atoms with Gasteiger partial charge in [0.2, 0.25) is 0 Å². The van der Waals surface area contributed by atoms with Crippen molar-refractivity contribution < 1.29 is 4.39 Å². The third-order valence-electron chi connectivity index (χ3n) is 4.40.